The molecule has 6 nitrogen and oxygen atoms in total. The molecule has 0 spiro atoms. The van der Waals surface area contributed by atoms with Crippen molar-refractivity contribution >= 4 is 17.5 Å². The molecule has 2 amide bonds. The van der Waals surface area contributed by atoms with E-state index in [4.69, 9.17) is 4.74 Å². The predicted molar refractivity (Wildman–Crippen MR) is 94.8 cm³/mol. The SMILES string of the molecule is Cc1cccc(NC(=O)c2ccnc(C(=O)N3CCOCC3)c2)c1C. The van der Waals surface area contributed by atoms with Crippen LogP contribution in [0.1, 0.15) is 32.0 Å². The Morgan fingerprint density at radius 1 is 1.16 bits per heavy atom. The Morgan fingerprint density at radius 3 is 2.68 bits per heavy atom. The predicted octanol–water partition coefficient (Wildman–Crippen LogP) is 2.42. The Bertz CT molecular complexity index is 798. The van der Waals surface area contributed by atoms with Crippen molar-refractivity contribution in [2.75, 3.05) is 31.6 Å². The fourth-order valence-electron chi connectivity index (χ4n) is 2.70. The molecule has 2 heterocycles. The molecule has 1 N–H and O–H groups in total. The summed E-state index contributed by atoms with van der Waals surface area (Å²) in [5.41, 5.74) is 3.58. The molecule has 3 rings (SSSR count). The number of hydrogen-bond acceptors (Lipinski definition) is 4. The summed E-state index contributed by atoms with van der Waals surface area (Å²) in [6.07, 6.45) is 1.49. The van der Waals surface area contributed by atoms with E-state index in [0.717, 1.165) is 16.8 Å². The maximum atomic E-state index is 12.5. The quantitative estimate of drug-likeness (QED) is 0.932. The van der Waals surface area contributed by atoms with E-state index in [9.17, 15) is 9.59 Å². The minimum Gasteiger partial charge on any atom is -0.378 e. The van der Waals surface area contributed by atoms with E-state index in [0.29, 0.717) is 31.9 Å². The zero-order chi connectivity index (χ0) is 17.8. The lowest BCUT2D eigenvalue weighted by atomic mass is 10.1. The van der Waals surface area contributed by atoms with Crippen molar-refractivity contribution in [1.82, 2.24) is 9.88 Å². The molecule has 2 aromatic rings. The van der Waals surface area contributed by atoms with Gasteiger partial charge in [0.15, 0.2) is 0 Å². The summed E-state index contributed by atoms with van der Waals surface area (Å²) in [7, 11) is 0. The first kappa shape index (κ1) is 17.1. The largest absolute Gasteiger partial charge is 0.378 e. The maximum absolute atomic E-state index is 12.5. The van der Waals surface area contributed by atoms with Crippen molar-refractivity contribution in [3.8, 4) is 0 Å². The molecule has 1 fully saturated rings. The van der Waals surface area contributed by atoms with E-state index in [1.807, 2.05) is 32.0 Å². The van der Waals surface area contributed by atoms with Crippen LogP contribution in [0.15, 0.2) is 36.5 Å². The molecule has 0 aliphatic carbocycles. The van der Waals surface area contributed by atoms with Gasteiger partial charge in [-0.1, -0.05) is 12.1 Å². The van der Waals surface area contributed by atoms with Crippen molar-refractivity contribution in [2.45, 2.75) is 13.8 Å². The minimum absolute atomic E-state index is 0.176. The molecule has 25 heavy (non-hydrogen) atoms. The summed E-state index contributed by atoms with van der Waals surface area (Å²) >= 11 is 0. The van der Waals surface area contributed by atoms with Crippen molar-refractivity contribution < 1.29 is 14.3 Å². The molecule has 130 valence electrons. The average molecular weight is 339 g/mol. The third kappa shape index (κ3) is 3.85. The van der Waals surface area contributed by atoms with Gasteiger partial charge in [-0.3, -0.25) is 14.6 Å². The van der Waals surface area contributed by atoms with Crippen LogP contribution in [-0.4, -0.2) is 48.0 Å². The number of aryl methyl sites for hydroxylation is 1. The first-order valence-electron chi connectivity index (χ1n) is 8.27. The third-order valence-electron chi connectivity index (χ3n) is 4.39. The average Bonchev–Trinajstić information content (AvgIpc) is 2.65. The highest BCUT2D eigenvalue weighted by atomic mass is 16.5. The molecule has 1 saturated heterocycles. The summed E-state index contributed by atoms with van der Waals surface area (Å²) in [6, 6.07) is 8.91. The number of carbonyl (C=O) groups is 2. The lowest BCUT2D eigenvalue weighted by Crippen LogP contribution is -2.41. The highest BCUT2D eigenvalue weighted by molar-refractivity contribution is 6.06. The van der Waals surface area contributed by atoms with Gasteiger partial charge in [0.2, 0.25) is 0 Å². The molecule has 1 aromatic carbocycles. The molecule has 0 unspecified atom stereocenters. The van der Waals surface area contributed by atoms with Gasteiger partial charge in [-0.15, -0.1) is 0 Å². The van der Waals surface area contributed by atoms with Gasteiger partial charge in [-0.2, -0.15) is 0 Å². The van der Waals surface area contributed by atoms with Crippen LogP contribution >= 0.6 is 0 Å². The zero-order valence-electron chi connectivity index (χ0n) is 14.4. The van der Waals surface area contributed by atoms with Crippen LogP contribution in [-0.2, 0) is 4.74 Å². The van der Waals surface area contributed by atoms with Crippen LogP contribution in [0.4, 0.5) is 5.69 Å². The second-order valence-electron chi connectivity index (χ2n) is 6.04. The summed E-state index contributed by atoms with van der Waals surface area (Å²) in [4.78, 5) is 30.9. The van der Waals surface area contributed by atoms with E-state index >= 15 is 0 Å². The van der Waals surface area contributed by atoms with E-state index in [1.165, 1.54) is 12.3 Å². The Morgan fingerprint density at radius 2 is 1.92 bits per heavy atom. The molecule has 1 aliphatic rings. The van der Waals surface area contributed by atoms with Crippen LogP contribution in [0.3, 0.4) is 0 Å². The number of benzene rings is 1. The fraction of sp³-hybridized carbons (Fsp3) is 0.316. The molecule has 6 heteroatoms. The van der Waals surface area contributed by atoms with Crippen LogP contribution < -0.4 is 5.32 Å². The van der Waals surface area contributed by atoms with Gasteiger partial charge in [0, 0.05) is 30.5 Å². The van der Waals surface area contributed by atoms with Gasteiger partial charge in [0.25, 0.3) is 11.8 Å². The molecular weight excluding hydrogens is 318 g/mol. The normalized spacial score (nSPS) is 14.2. The number of ether oxygens (including phenoxy) is 1. The van der Waals surface area contributed by atoms with Crippen molar-refractivity contribution in [1.29, 1.82) is 0 Å². The van der Waals surface area contributed by atoms with Gasteiger partial charge in [0.05, 0.1) is 13.2 Å². The number of rotatable bonds is 3. The van der Waals surface area contributed by atoms with Crippen molar-refractivity contribution in [2.24, 2.45) is 0 Å². The number of pyridine rings is 1. The number of anilines is 1. The van der Waals surface area contributed by atoms with E-state index in [1.54, 1.807) is 11.0 Å². The lowest BCUT2D eigenvalue weighted by Gasteiger charge is -2.26. The summed E-state index contributed by atoms with van der Waals surface area (Å²) in [5.74, 6) is -0.434. The van der Waals surface area contributed by atoms with Gasteiger partial charge < -0.3 is 15.0 Å². The molecule has 0 radical (unpaired) electrons. The Kier molecular flexibility index (Phi) is 5.09. The number of amides is 2. The first-order chi connectivity index (χ1) is 12.1. The Balaban J connectivity index is 1.77. The number of aromatic nitrogens is 1. The van der Waals surface area contributed by atoms with Gasteiger partial charge in [-0.05, 0) is 43.2 Å². The number of hydrogen-bond donors (Lipinski definition) is 1. The fourth-order valence-corrected chi connectivity index (χ4v) is 2.70. The van der Waals surface area contributed by atoms with E-state index in [-0.39, 0.29) is 17.5 Å². The second-order valence-corrected chi connectivity index (χ2v) is 6.04. The molecule has 0 bridgehead atoms. The lowest BCUT2D eigenvalue weighted by molar-refractivity contribution is 0.0299. The minimum atomic E-state index is -0.257. The van der Waals surface area contributed by atoms with Gasteiger partial charge >= 0.3 is 0 Å². The van der Waals surface area contributed by atoms with Gasteiger partial charge in [0.1, 0.15) is 5.69 Å². The summed E-state index contributed by atoms with van der Waals surface area (Å²) in [5, 5.41) is 2.90. The van der Waals surface area contributed by atoms with E-state index < -0.39 is 0 Å². The molecule has 0 atom stereocenters. The monoisotopic (exact) mass is 339 g/mol. The summed E-state index contributed by atoms with van der Waals surface area (Å²) in [6.45, 7) is 6.09. The highest BCUT2D eigenvalue weighted by Crippen LogP contribution is 2.19. The van der Waals surface area contributed by atoms with Crippen LogP contribution in [0.25, 0.3) is 0 Å². The zero-order valence-corrected chi connectivity index (χ0v) is 14.4. The molecule has 0 saturated carbocycles. The smallest absolute Gasteiger partial charge is 0.272 e. The van der Waals surface area contributed by atoms with Crippen molar-refractivity contribution in [3.63, 3.8) is 0 Å². The standard InChI is InChI=1S/C19H21N3O3/c1-13-4-3-5-16(14(13)2)21-18(23)15-6-7-20-17(12-15)19(24)22-8-10-25-11-9-22/h3-7,12H,8-11H2,1-2H3,(H,21,23). The van der Waals surface area contributed by atoms with Crippen LogP contribution in [0.5, 0.6) is 0 Å². The molecule has 1 aromatic heterocycles. The molecule has 1 aliphatic heterocycles. The second kappa shape index (κ2) is 7.44. The van der Waals surface area contributed by atoms with Crippen molar-refractivity contribution in [3.05, 3.63) is 58.9 Å². The topological polar surface area (TPSA) is 71.5 Å². The number of carbonyl (C=O) groups excluding carboxylic acids is 2. The highest BCUT2D eigenvalue weighted by Gasteiger charge is 2.20. The van der Waals surface area contributed by atoms with Gasteiger partial charge in [-0.25, -0.2) is 0 Å². The third-order valence-corrected chi connectivity index (χ3v) is 4.39. The molecular formula is C19H21N3O3. The Hall–Kier alpha value is -2.73. The number of morpholine rings is 1. The number of nitrogens with one attached hydrogen (secondary N) is 1. The van der Waals surface area contributed by atoms with Crippen LogP contribution in [0, 0.1) is 13.8 Å². The van der Waals surface area contributed by atoms with E-state index in [2.05, 4.69) is 10.3 Å². The van der Waals surface area contributed by atoms with Crippen LogP contribution in [0.2, 0.25) is 0 Å². The number of nitrogens with zero attached hydrogens (tertiary/aromatic N) is 2. The maximum Gasteiger partial charge on any atom is 0.272 e. The Labute approximate surface area is 146 Å². The summed E-state index contributed by atoms with van der Waals surface area (Å²) < 4.78 is 5.26. The first-order valence-corrected chi connectivity index (χ1v) is 8.27.